The van der Waals surface area contributed by atoms with Crippen molar-refractivity contribution in [3.63, 3.8) is 0 Å². The van der Waals surface area contributed by atoms with E-state index < -0.39 is 17.4 Å². The van der Waals surface area contributed by atoms with Gasteiger partial charge in [-0.3, -0.25) is 9.59 Å². The van der Waals surface area contributed by atoms with Gasteiger partial charge in [-0.05, 0) is 23.8 Å². The van der Waals surface area contributed by atoms with Crippen molar-refractivity contribution in [1.29, 1.82) is 0 Å². The SMILES string of the molecule is CC(=O)Nc1ccc2c(c1)C=C1SC(NC(=O)C(=O)O)N=C12. The van der Waals surface area contributed by atoms with Crippen molar-refractivity contribution in [2.24, 2.45) is 4.99 Å². The molecule has 1 heterocycles. The van der Waals surface area contributed by atoms with Crippen LogP contribution in [0.15, 0.2) is 28.1 Å². The van der Waals surface area contributed by atoms with Crippen molar-refractivity contribution in [1.82, 2.24) is 5.32 Å². The number of hydrogen-bond acceptors (Lipinski definition) is 5. The average molecular weight is 317 g/mol. The molecule has 2 aliphatic rings. The zero-order valence-electron chi connectivity index (χ0n) is 11.4. The average Bonchev–Trinajstić information content (AvgIpc) is 2.94. The standard InChI is InChI=1S/C14H11N3O4S/c1-6(18)15-8-2-3-9-7(4-8)5-10-11(9)16-14(22-10)17-12(19)13(20)21/h2-5,14H,1H3,(H,15,18)(H,17,19)(H,20,21). The van der Waals surface area contributed by atoms with Gasteiger partial charge in [-0.15, -0.1) is 0 Å². The number of carboxylic acids is 1. The maximum absolute atomic E-state index is 11.2. The molecular weight excluding hydrogens is 306 g/mol. The highest BCUT2D eigenvalue weighted by molar-refractivity contribution is 8.05. The van der Waals surface area contributed by atoms with E-state index in [0.29, 0.717) is 5.69 Å². The Hall–Kier alpha value is -2.61. The third-order valence-corrected chi connectivity index (χ3v) is 4.09. The summed E-state index contributed by atoms with van der Waals surface area (Å²) in [7, 11) is 0. The normalized spacial score (nSPS) is 18.0. The van der Waals surface area contributed by atoms with Gasteiger partial charge in [0.2, 0.25) is 5.91 Å². The fourth-order valence-electron chi connectivity index (χ4n) is 2.24. The predicted molar refractivity (Wildman–Crippen MR) is 82.4 cm³/mol. The van der Waals surface area contributed by atoms with Gasteiger partial charge >= 0.3 is 11.9 Å². The third-order valence-electron chi connectivity index (χ3n) is 3.08. The van der Waals surface area contributed by atoms with Crippen molar-refractivity contribution in [2.45, 2.75) is 12.4 Å². The zero-order chi connectivity index (χ0) is 15.9. The Kier molecular flexibility index (Phi) is 3.45. The summed E-state index contributed by atoms with van der Waals surface area (Å²) < 4.78 is 0. The monoisotopic (exact) mass is 317 g/mol. The quantitative estimate of drug-likeness (QED) is 0.706. The Morgan fingerprint density at radius 3 is 2.77 bits per heavy atom. The molecule has 1 unspecified atom stereocenters. The van der Waals surface area contributed by atoms with E-state index in [0.717, 1.165) is 21.7 Å². The predicted octanol–water partition coefficient (Wildman–Crippen LogP) is 1.02. The lowest BCUT2D eigenvalue weighted by Gasteiger charge is -2.07. The molecular formula is C14H11N3O4S. The summed E-state index contributed by atoms with van der Waals surface area (Å²) in [5.41, 5.74) is 2.61. The summed E-state index contributed by atoms with van der Waals surface area (Å²) in [5.74, 6) is -2.76. The Labute approximate surface area is 129 Å². The van der Waals surface area contributed by atoms with Crippen LogP contribution >= 0.6 is 11.8 Å². The highest BCUT2D eigenvalue weighted by atomic mass is 32.2. The number of anilines is 1. The first-order valence-electron chi connectivity index (χ1n) is 6.36. The number of allylic oxidation sites excluding steroid dienone is 1. The van der Waals surface area contributed by atoms with Crippen molar-refractivity contribution < 1.29 is 19.5 Å². The molecule has 1 aliphatic heterocycles. The zero-order valence-corrected chi connectivity index (χ0v) is 12.2. The van der Waals surface area contributed by atoms with Crippen LogP contribution in [0.5, 0.6) is 0 Å². The number of nitrogens with one attached hydrogen (secondary N) is 2. The molecule has 0 spiro atoms. The smallest absolute Gasteiger partial charge is 0.394 e. The number of fused-ring (bicyclic) bond motifs is 3. The fourth-order valence-corrected chi connectivity index (χ4v) is 3.28. The number of benzene rings is 1. The number of nitrogens with zero attached hydrogens (tertiary/aromatic N) is 1. The second-order valence-electron chi connectivity index (χ2n) is 4.72. The van der Waals surface area contributed by atoms with Crippen molar-refractivity contribution in [2.75, 3.05) is 5.32 Å². The first kappa shape index (κ1) is 14.3. The molecule has 22 heavy (non-hydrogen) atoms. The number of carboxylic acid groups (broad SMARTS) is 1. The van der Waals surface area contributed by atoms with Gasteiger partial charge in [-0.25, -0.2) is 9.79 Å². The minimum atomic E-state index is -1.54. The first-order chi connectivity index (χ1) is 10.4. The summed E-state index contributed by atoms with van der Waals surface area (Å²) in [6.07, 6.45) is 1.90. The summed E-state index contributed by atoms with van der Waals surface area (Å²) in [6, 6.07) is 5.45. The number of carbonyl (C=O) groups excluding carboxylic acids is 2. The lowest BCUT2D eigenvalue weighted by molar-refractivity contribution is -0.150. The lowest BCUT2D eigenvalue weighted by atomic mass is 10.1. The highest BCUT2D eigenvalue weighted by Crippen LogP contribution is 2.40. The topological polar surface area (TPSA) is 108 Å². The van der Waals surface area contributed by atoms with E-state index in [1.54, 1.807) is 6.07 Å². The molecule has 1 aliphatic carbocycles. The molecule has 0 fully saturated rings. The number of aliphatic carboxylic acids is 1. The van der Waals surface area contributed by atoms with Crippen molar-refractivity contribution in [3.05, 3.63) is 34.2 Å². The molecule has 0 saturated heterocycles. The fraction of sp³-hybridized carbons (Fsp3) is 0.143. The van der Waals surface area contributed by atoms with E-state index in [9.17, 15) is 14.4 Å². The summed E-state index contributed by atoms with van der Waals surface area (Å²) in [5, 5.41) is 13.6. The molecule has 0 saturated carbocycles. The molecule has 7 nitrogen and oxygen atoms in total. The van der Waals surface area contributed by atoms with Crippen LogP contribution in [-0.4, -0.2) is 34.1 Å². The van der Waals surface area contributed by atoms with Crippen LogP contribution < -0.4 is 10.6 Å². The lowest BCUT2D eigenvalue weighted by Crippen LogP contribution is -2.35. The van der Waals surface area contributed by atoms with Gasteiger partial charge in [0.25, 0.3) is 0 Å². The maximum Gasteiger partial charge on any atom is 0.394 e. The molecule has 3 N–H and O–H groups in total. The van der Waals surface area contributed by atoms with Crippen LogP contribution in [0.3, 0.4) is 0 Å². The Bertz CT molecular complexity index is 769. The molecule has 112 valence electrons. The second-order valence-corrected chi connectivity index (χ2v) is 5.84. The molecule has 0 aromatic heterocycles. The van der Waals surface area contributed by atoms with Crippen LogP contribution in [0.25, 0.3) is 6.08 Å². The minimum absolute atomic E-state index is 0.144. The number of rotatable bonds is 2. The summed E-state index contributed by atoms with van der Waals surface area (Å²) >= 11 is 1.28. The second kappa shape index (κ2) is 5.30. The highest BCUT2D eigenvalue weighted by Gasteiger charge is 2.31. The minimum Gasteiger partial charge on any atom is -0.474 e. The Balaban J connectivity index is 1.82. The van der Waals surface area contributed by atoms with Gasteiger partial charge in [0.15, 0.2) is 5.50 Å². The number of hydrogen-bond donors (Lipinski definition) is 3. The van der Waals surface area contributed by atoms with Crippen LogP contribution in [-0.2, 0) is 14.4 Å². The first-order valence-corrected chi connectivity index (χ1v) is 7.24. The number of aliphatic imine (C=N–C) groups is 1. The molecule has 1 aromatic carbocycles. The van der Waals surface area contributed by atoms with Gasteiger partial charge in [0.05, 0.1) is 5.71 Å². The van der Waals surface area contributed by atoms with Crippen LogP contribution in [0.1, 0.15) is 18.1 Å². The van der Waals surface area contributed by atoms with Crippen LogP contribution in [0, 0.1) is 0 Å². The van der Waals surface area contributed by atoms with E-state index >= 15 is 0 Å². The number of carbonyl (C=O) groups is 3. The number of thioether (sulfide) groups is 1. The molecule has 0 radical (unpaired) electrons. The van der Waals surface area contributed by atoms with Crippen molar-refractivity contribution >= 4 is 47.0 Å². The van der Waals surface area contributed by atoms with E-state index in [1.165, 1.54) is 18.7 Å². The molecule has 8 heteroatoms. The van der Waals surface area contributed by atoms with E-state index in [-0.39, 0.29) is 5.91 Å². The largest absolute Gasteiger partial charge is 0.474 e. The summed E-state index contributed by atoms with van der Waals surface area (Å²) in [4.78, 5) is 38.0. The van der Waals surface area contributed by atoms with Gasteiger partial charge in [0, 0.05) is 23.1 Å². The Morgan fingerprint density at radius 1 is 1.32 bits per heavy atom. The van der Waals surface area contributed by atoms with E-state index in [1.807, 2.05) is 18.2 Å². The van der Waals surface area contributed by atoms with E-state index in [2.05, 4.69) is 15.6 Å². The maximum atomic E-state index is 11.2. The summed E-state index contributed by atoms with van der Waals surface area (Å²) in [6.45, 7) is 1.44. The third kappa shape index (κ3) is 2.60. The van der Waals surface area contributed by atoms with Gasteiger partial charge in [-0.1, -0.05) is 17.8 Å². The molecule has 1 aromatic rings. The van der Waals surface area contributed by atoms with Crippen LogP contribution in [0.2, 0.25) is 0 Å². The van der Waals surface area contributed by atoms with Gasteiger partial charge in [-0.2, -0.15) is 0 Å². The molecule has 0 bridgehead atoms. The van der Waals surface area contributed by atoms with E-state index in [4.69, 9.17) is 5.11 Å². The van der Waals surface area contributed by atoms with Crippen LogP contribution in [0.4, 0.5) is 5.69 Å². The van der Waals surface area contributed by atoms with Crippen molar-refractivity contribution in [3.8, 4) is 0 Å². The molecule has 3 rings (SSSR count). The van der Waals surface area contributed by atoms with Gasteiger partial charge < -0.3 is 15.7 Å². The van der Waals surface area contributed by atoms with Gasteiger partial charge in [0.1, 0.15) is 0 Å². The Morgan fingerprint density at radius 2 is 2.09 bits per heavy atom. The number of amides is 2. The molecule has 2 amide bonds. The molecule has 1 atom stereocenters.